The largest absolute Gasteiger partial charge is 0.508 e. The standard InChI is InChI=1S/C28H40O6/c1-4-5-6-7-8-9-12-26(34-27(31)23-15-19-25(30)20-16-23)28(32-2,33-3)21-10-11-22-13-17-24(29)18-14-22/h13-20,26,29-30H,4-12,21H2,1-3H3. The highest BCUT2D eigenvalue weighted by molar-refractivity contribution is 5.89. The number of carbonyl (C=O) groups excluding carboxylic acids is 1. The molecule has 2 aromatic rings. The lowest BCUT2D eigenvalue weighted by molar-refractivity contribution is -0.263. The molecule has 0 saturated carbocycles. The van der Waals surface area contributed by atoms with Crippen LogP contribution >= 0.6 is 0 Å². The minimum absolute atomic E-state index is 0.0949. The smallest absolute Gasteiger partial charge is 0.338 e. The lowest BCUT2D eigenvalue weighted by Gasteiger charge is -2.38. The number of carbonyl (C=O) groups is 1. The van der Waals surface area contributed by atoms with E-state index < -0.39 is 17.9 Å². The number of esters is 1. The van der Waals surface area contributed by atoms with Crippen LogP contribution in [0.4, 0.5) is 0 Å². The molecule has 0 spiro atoms. The van der Waals surface area contributed by atoms with Crippen molar-refractivity contribution >= 4 is 5.97 Å². The maximum atomic E-state index is 12.9. The van der Waals surface area contributed by atoms with Gasteiger partial charge in [-0.3, -0.25) is 0 Å². The lowest BCUT2D eigenvalue weighted by Crippen LogP contribution is -2.48. The van der Waals surface area contributed by atoms with Gasteiger partial charge in [0.25, 0.3) is 0 Å². The zero-order valence-electron chi connectivity index (χ0n) is 20.8. The van der Waals surface area contributed by atoms with Crippen molar-refractivity contribution in [3.63, 3.8) is 0 Å². The van der Waals surface area contributed by atoms with Crippen molar-refractivity contribution in [1.82, 2.24) is 0 Å². The monoisotopic (exact) mass is 472 g/mol. The van der Waals surface area contributed by atoms with Gasteiger partial charge >= 0.3 is 5.97 Å². The number of hydrogen-bond donors (Lipinski definition) is 2. The topological polar surface area (TPSA) is 85.2 Å². The molecule has 1 unspecified atom stereocenters. The summed E-state index contributed by atoms with van der Waals surface area (Å²) in [6.07, 6.45) is 8.91. The average Bonchev–Trinajstić information content (AvgIpc) is 2.85. The van der Waals surface area contributed by atoms with E-state index in [2.05, 4.69) is 6.92 Å². The van der Waals surface area contributed by atoms with Crippen molar-refractivity contribution < 1.29 is 29.2 Å². The Bertz CT molecular complexity index is 827. The molecule has 0 fully saturated rings. The summed E-state index contributed by atoms with van der Waals surface area (Å²) in [5, 5.41) is 19.0. The van der Waals surface area contributed by atoms with E-state index in [9.17, 15) is 15.0 Å². The van der Waals surface area contributed by atoms with Crippen molar-refractivity contribution in [2.24, 2.45) is 0 Å². The van der Waals surface area contributed by atoms with Crippen molar-refractivity contribution in [3.05, 3.63) is 59.7 Å². The average molecular weight is 473 g/mol. The first-order valence-corrected chi connectivity index (χ1v) is 12.3. The number of aryl methyl sites for hydroxylation is 1. The Labute approximate surface area is 203 Å². The van der Waals surface area contributed by atoms with Gasteiger partial charge < -0.3 is 24.4 Å². The molecule has 6 nitrogen and oxygen atoms in total. The predicted octanol–water partition coefficient (Wildman–Crippen LogP) is 6.39. The first kappa shape index (κ1) is 27.7. The summed E-state index contributed by atoms with van der Waals surface area (Å²) in [6.45, 7) is 2.20. The van der Waals surface area contributed by atoms with Crippen LogP contribution in [0.3, 0.4) is 0 Å². The SMILES string of the molecule is CCCCCCCCC(OC(=O)c1ccc(O)cc1)C(CCCc1ccc(O)cc1)(OC)OC. The quantitative estimate of drug-likeness (QED) is 0.167. The zero-order chi connectivity index (χ0) is 24.8. The van der Waals surface area contributed by atoms with Crippen LogP contribution in [-0.2, 0) is 20.6 Å². The molecule has 0 bridgehead atoms. The molecule has 1 atom stereocenters. The minimum atomic E-state index is -1.06. The Morgan fingerprint density at radius 2 is 1.38 bits per heavy atom. The lowest BCUT2D eigenvalue weighted by atomic mass is 9.95. The minimum Gasteiger partial charge on any atom is -0.508 e. The van der Waals surface area contributed by atoms with Crippen LogP contribution in [0.2, 0.25) is 0 Å². The fourth-order valence-corrected chi connectivity index (χ4v) is 4.19. The van der Waals surface area contributed by atoms with E-state index in [4.69, 9.17) is 14.2 Å². The summed E-state index contributed by atoms with van der Waals surface area (Å²) >= 11 is 0. The Hall–Kier alpha value is -2.57. The highest BCUT2D eigenvalue weighted by Gasteiger charge is 2.41. The number of unbranched alkanes of at least 4 members (excludes halogenated alkanes) is 5. The van der Waals surface area contributed by atoms with E-state index in [1.54, 1.807) is 38.5 Å². The first-order valence-electron chi connectivity index (χ1n) is 12.3. The molecule has 0 aliphatic carbocycles. The van der Waals surface area contributed by atoms with Gasteiger partial charge in [0.15, 0.2) is 6.10 Å². The van der Waals surface area contributed by atoms with Gasteiger partial charge in [0.05, 0.1) is 5.56 Å². The molecule has 34 heavy (non-hydrogen) atoms. The number of benzene rings is 2. The predicted molar refractivity (Wildman–Crippen MR) is 133 cm³/mol. The van der Waals surface area contributed by atoms with E-state index in [-0.39, 0.29) is 11.5 Å². The summed E-state index contributed by atoms with van der Waals surface area (Å²) in [5.74, 6) is -1.19. The molecule has 2 aromatic carbocycles. The number of aromatic hydroxyl groups is 2. The third-order valence-corrected chi connectivity index (χ3v) is 6.28. The van der Waals surface area contributed by atoms with Crippen LogP contribution in [0.5, 0.6) is 11.5 Å². The second-order valence-electron chi connectivity index (χ2n) is 8.74. The molecule has 0 aliphatic rings. The van der Waals surface area contributed by atoms with E-state index in [1.165, 1.54) is 31.4 Å². The molecule has 2 N–H and O–H groups in total. The van der Waals surface area contributed by atoms with Gasteiger partial charge in [-0.05, 0) is 67.6 Å². The highest BCUT2D eigenvalue weighted by atomic mass is 16.7. The Morgan fingerprint density at radius 1 is 0.824 bits per heavy atom. The molecular weight excluding hydrogens is 432 g/mol. The maximum absolute atomic E-state index is 12.9. The number of hydrogen-bond acceptors (Lipinski definition) is 6. The fraction of sp³-hybridized carbons (Fsp3) is 0.536. The highest BCUT2D eigenvalue weighted by Crippen LogP contribution is 2.31. The summed E-state index contributed by atoms with van der Waals surface area (Å²) in [4.78, 5) is 12.9. The van der Waals surface area contributed by atoms with Crippen molar-refractivity contribution in [3.8, 4) is 11.5 Å². The molecule has 0 radical (unpaired) electrons. The van der Waals surface area contributed by atoms with E-state index in [0.29, 0.717) is 18.4 Å². The van der Waals surface area contributed by atoms with Gasteiger partial charge in [-0.1, -0.05) is 51.2 Å². The van der Waals surface area contributed by atoms with Gasteiger partial charge in [0.2, 0.25) is 5.79 Å². The second kappa shape index (κ2) is 14.6. The van der Waals surface area contributed by atoms with Gasteiger partial charge in [-0.15, -0.1) is 0 Å². The first-order chi connectivity index (χ1) is 16.4. The van der Waals surface area contributed by atoms with E-state index >= 15 is 0 Å². The van der Waals surface area contributed by atoms with Crippen LogP contribution in [0.25, 0.3) is 0 Å². The molecule has 188 valence electrons. The number of phenolic OH excluding ortho intramolecular Hbond substituents is 2. The van der Waals surface area contributed by atoms with Crippen LogP contribution in [0.1, 0.15) is 80.6 Å². The molecule has 0 amide bonds. The Morgan fingerprint density at radius 3 is 1.97 bits per heavy atom. The van der Waals surface area contributed by atoms with Crippen molar-refractivity contribution in [2.75, 3.05) is 14.2 Å². The van der Waals surface area contributed by atoms with Gasteiger partial charge in [0, 0.05) is 20.6 Å². The van der Waals surface area contributed by atoms with Crippen molar-refractivity contribution in [1.29, 1.82) is 0 Å². The maximum Gasteiger partial charge on any atom is 0.338 e. The zero-order valence-corrected chi connectivity index (χ0v) is 20.8. The number of phenols is 2. The molecule has 0 aromatic heterocycles. The molecule has 0 saturated heterocycles. The Balaban J connectivity index is 2.10. The van der Waals surface area contributed by atoms with Crippen molar-refractivity contribution in [2.45, 2.75) is 83.0 Å². The van der Waals surface area contributed by atoms with Crippen LogP contribution in [-0.4, -0.2) is 42.3 Å². The molecule has 2 rings (SSSR count). The third-order valence-electron chi connectivity index (χ3n) is 6.28. The van der Waals surface area contributed by atoms with Gasteiger partial charge in [-0.2, -0.15) is 0 Å². The summed E-state index contributed by atoms with van der Waals surface area (Å²) < 4.78 is 17.7. The molecule has 0 aliphatic heterocycles. The molecule has 6 heteroatoms. The number of ether oxygens (including phenoxy) is 3. The summed E-state index contributed by atoms with van der Waals surface area (Å²) in [5.41, 5.74) is 1.48. The summed E-state index contributed by atoms with van der Waals surface area (Å²) in [7, 11) is 3.18. The van der Waals surface area contributed by atoms with Gasteiger partial charge in [-0.25, -0.2) is 4.79 Å². The van der Waals surface area contributed by atoms with Gasteiger partial charge in [0.1, 0.15) is 11.5 Å². The number of methoxy groups -OCH3 is 2. The Kier molecular flexibility index (Phi) is 11.9. The summed E-state index contributed by atoms with van der Waals surface area (Å²) in [6, 6.07) is 13.2. The second-order valence-corrected chi connectivity index (χ2v) is 8.74. The molecule has 0 heterocycles. The van der Waals surface area contributed by atoms with Crippen LogP contribution in [0.15, 0.2) is 48.5 Å². The van der Waals surface area contributed by atoms with Crippen LogP contribution < -0.4 is 0 Å². The third kappa shape index (κ3) is 8.65. The fourth-order valence-electron chi connectivity index (χ4n) is 4.19. The molecular formula is C28H40O6. The van der Waals surface area contributed by atoms with E-state index in [1.807, 2.05) is 12.1 Å². The van der Waals surface area contributed by atoms with E-state index in [0.717, 1.165) is 37.7 Å². The number of rotatable bonds is 16. The van der Waals surface area contributed by atoms with Crippen LogP contribution in [0, 0.1) is 0 Å². The normalized spacial score (nSPS) is 12.4.